The predicted octanol–water partition coefficient (Wildman–Crippen LogP) is 3.37. The van der Waals surface area contributed by atoms with Gasteiger partial charge in [0, 0.05) is 5.56 Å². The molecule has 3 heteroatoms. The highest BCUT2D eigenvalue weighted by atomic mass is 16.7. The Morgan fingerprint density at radius 3 is 2.60 bits per heavy atom. The highest BCUT2D eigenvalue weighted by Crippen LogP contribution is 2.51. The summed E-state index contributed by atoms with van der Waals surface area (Å²) in [6, 6.07) is 13.2. The maximum absolute atomic E-state index is 12.1. The second-order valence-corrected chi connectivity index (χ2v) is 5.13. The molecule has 0 amide bonds. The van der Waals surface area contributed by atoms with Gasteiger partial charge in [0.25, 0.3) is 0 Å². The first-order valence-corrected chi connectivity index (χ1v) is 6.44. The van der Waals surface area contributed by atoms with Crippen molar-refractivity contribution in [2.75, 3.05) is 0 Å². The molecular formula is C17H12O3. The summed E-state index contributed by atoms with van der Waals surface area (Å²) < 4.78 is 11.5. The number of esters is 1. The highest BCUT2D eigenvalue weighted by Gasteiger charge is 2.54. The Hall–Kier alpha value is -2.55. The van der Waals surface area contributed by atoms with Gasteiger partial charge in [-0.3, -0.25) is 0 Å². The molecule has 0 radical (unpaired) electrons. The van der Waals surface area contributed by atoms with Crippen molar-refractivity contribution in [3.63, 3.8) is 0 Å². The van der Waals surface area contributed by atoms with E-state index in [4.69, 9.17) is 9.47 Å². The van der Waals surface area contributed by atoms with Crippen molar-refractivity contribution in [3.8, 4) is 0 Å². The molecule has 0 N–H and O–H groups in total. The number of carbonyl (C=O) groups excluding carboxylic acids is 1. The van der Waals surface area contributed by atoms with Gasteiger partial charge in [-0.25, -0.2) is 4.79 Å². The van der Waals surface area contributed by atoms with E-state index in [1.807, 2.05) is 43.3 Å². The van der Waals surface area contributed by atoms with Crippen LogP contribution in [0.2, 0.25) is 0 Å². The fourth-order valence-electron chi connectivity index (χ4n) is 2.92. The van der Waals surface area contributed by atoms with E-state index in [0.717, 1.165) is 22.3 Å². The first-order chi connectivity index (χ1) is 9.62. The van der Waals surface area contributed by atoms with E-state index in [-0.39, 0.29) is 5.97 Å². The molecule has 0 aromatic heterocycles. The molecule has 2 aromatic rings. The SMILES string of the molecule is C=C1OC2(OC(=O)c3ccccc32)c2ccc(C)cc21. The van der Waals surface area contributed by atoms with Crippen molar-refractivity contribution < 1.29 is 14.3 Å². The minimum atomic E-state index is -1.16. The molecule has 98 valence electrons. The molecule has 2 aliphatic rings. The molecule has 4 rings (SSSR count). The summed E-state index contributed by atoms with van der Waals surface area (Å²) in [6.07, 6.45) is 0. The van der Waals surface area contributed by atoms with Gasteiger partial charge in [0.1, 0.15) is 5.76 Å². The van der Waals surface area contributed by atoms with Crippen LogP contribution in [0.4, 0.5) is 0 Å². The second-order valence-electron chi connectivity index (χ2n) is 5.13. The van der Waals surface area contributed by atoms with Crippen molar-refractivity contribution in [3.05, 3.63) is 76.9 Å². The first-order valence-electron chi connectivity index (χ1n) is 6.44. The first kappa shape index (κ1) is 11.3. The normalized spacial score (nSPS) is 22.4. The van der Waals surface area contributed by atoms with Crippen LogP contribution >= 0.6 is 0 Å². The van der Waals surface area contributed by atoms with Crippen molar-refractivity contribution in [2.24, 2.45) is 0 Å². The molecule has 0 bridgehead atoms. The largest absolute Gasteiger partial charge is 0.444 e. The van der Waals surface area contributed by atoms with Crippen molar-refractivity contribution >= 4 is 11.7 Å². The van der Waals surface area contributed by atoms with Gasteiger partial charge < -0.3 is 9.47 Å². The monoisotopic (exact) mass is 264 g/mol. The molecular weight excluding hydrogens is 252 g/mol. The number of carbonyl (C=O) groups is 1. The summed E-state index contributed by atoms with van der Waals surface area (Å²) in [5, 5.41) is 0. The number of ether oxygens (including phenoxy) is 2. The lowest BCUT2D eigenvalue weighted by atomic mass is 9.93. The fraction of sp³-hybridized carbons (Fsp3) is 0.118. The number of benzene rings is 2. The Balaban J connectivity index is 2.03. The van der Waals surface area contributed by atoms with Gasteiger partial charge in [-0.05, 0) is 31.2 Å². The Morgan fingerprint density at radius 1 is 1.00 bits per heavy atom. The molecule has 0 fully saturated rings. The maximum atomic E-state index is 12.1. The quantitative estimate of drug-likeness (QED) is 0.684. The second kappa shape index (κ2) is 3.51. The lowest BCUT2D eigenvalue weighted by Gasteiger charge is -2.23. The van der Waals surface area contributed by atoms with Crippen LogP contribution in [0, 0.1) is 6.92 Å². The predicted molar refractivity (Wildman–Crippen MR) is 73.9 cm³/mol. The van der Waals surface area contributed by atoms with Crippen LogP contribution < -0.4 is 0 Å². The van der Waals surface area contributed by atoms with Crippen LogP contribution in [0.3, 0.4) is 0 Å². The third-order valence-corrected chi connectivity index (χ3v) is 3.83. The minimum Gasteiger partial charge on any atom is -0.444 e. The van der Waals surface area contributed by atoms with Gasteiger partial charge in [-0.15, -0.1) is 0 Å². The van der Waals surface area contributed by atoms with E-state index < -0.39 is 5.79 Å². The van der Waals surface area contributed by atoms with Crippen molar-refractivity contribution in [1.29, 1.82) is 0 Å². The number of rotatable bonds is 0. The molecule has 0 aliphatic carbocycles. The van der Waals surface area contributed by atoms with E-state index in [0.29, 0.717) is 11.3 Å². The summed E-state index contributed by atoms with van der Waals surface area (Å²) >= 11 is 0. The molecule has 1 spiro atoms. The maximum Gasteiger partial charge on any atom is 0.342 e. The van der Waals surface area contributed by atoms with Crippen LogP contribution in [0.5, 0.6) is 0 Å². The molecule has 20 heavy (non-hydrogen) atoms. The van der Waals surface area contributed by atoms with Crippen LogP contribution in [-0.2, 0) is 15.3 Å². The van der Waals surface area contributed by atoms with Gasteiger partial charge in [0.05, 0.1) is 16.7 Å². The zero-order valence-corrected chi connectivity index (χ0v) is 11.0. The summed E-state index contributed by atoms with van der Waals surface area (Å²) in [7, 11) is 0. The Labute approximate surface area is 116 Å². The number of aryl methyl sites for hydroxylation is 1. The van der Waals surface area contributed by atoms with Crippen molar-refractivity contribution in [1.82, 2.24) is 0 Å². The summed E-state index contributed by atoms with van der Waals surface area (Å²) in [5.74, 6) is -0.983. The third-order valence-electron chi connectivity index (χ3n) is 3.83. The Kier molecular flexibility index (Phi) is 1.98. The summed E-state index contributed by atoms with van der Waals surface area (Å²) in [5.41, 5.74) is 4.14. The number of hydrogen-bond acceptors (Lipinski definition) is 3. The number of fused-ring (bicyclic) bond motifs is 4. The standard InChI is InChI=1S/C17H12O3/c1-10-7-8-15-13(9-10)11(2)19-17(15)14-6-4-3-5-12(14)16(18)20-17/h3-9H,2H2,1H3. The Morgan fingerprint density at radius 2 is 1.75 bits per heavy atom. The fourth-order valence-corrected chi connectivity index (χ4v) is 2.92. The molecule has 2 aliphatic heterocycles. The highest BCUT2D eigenvalue weighted by molar-refractivity contribution is 5.96. The van der Waals surface area contributed by atoms with E-state index >= 15 is 0 Å². The van der Waals surface area contributed by atoms with Crippen LogP contribution in [0.25, 0.3) is 5.76 Å². The van der Waals surface area contributed by atoms with Gasteiger partial charge in [0.15, 0.2) is 0 Å². The van der Waals surface area contributed by atoms with E-state index in [2.05, 4.69) is 6.58 Å². The van der Waals surface area contributed by atoms with Crippen LogP contribution in [-0.4, -0.2) is 5.97 Å². The van der Waals surface area contributed by atoms with Crippen molar-refractivity contribution in [2.45, 2.75) is 12.7 Å². The van der Waals surface area contributed by atoms with Gasteiger partial charge in [-0.2, -0.15) is 0 Å². The van der Waals surface area contributed by atoms with Crippen LogP contribution in [0.15, 0.2) is 49.0 Å². The lowest BCUT2D eigenvalue weighted by Crippen LogP contribution is -2.26. The minimum absolute atomic E-state index is 0.359. The van der Waals surface area contributed by atoms with E-state index in [1.54, 1.807) is 6.07 Å². The zero-order valence-electron chi connectivity index (χ0n) is 11.0. The summed E-state index contributed by atoms with van der Waals surface area (Å²) in [6.45, 7) is 5.95. The number of hydrogen-bond donors (Lipinski definition) is 0. The van der Waals surface area contributed by atoms with Crippen LogP contribution in [0.1, 0.15) is 32.6 Å². The molecule has 2 aromatic carbocycles. The summed E-state index contributed by atoms with van der Waals surface area (Å²) in [4.78, 5) is 12.1. The topological polar surface area (TPSA) is 35.5 Å². The zero-order chi connectivity index (χ0) is 13.9. The molecule has 1 unspecified atom stereocenters. The molecule has 0 saturated carbocycles. The average Bonchev–Trinajstić information content (AvgIpc) is 2.87. The lowest BCUT2D eigenvalue weighted by molar-refractivity contribution is -0.116. The third kappa shape index (κ3) is 1.22. The smallest absolute Gasteiger partial charge is 0.342 e. The molecule has 2 heterocycles. The van der Waals surface area contributed by atoms with E-state index in [9.17, 15) is 4.79 Å². The molecule has 3 nitrogen and oxygen atoms in total. The molecule has 0 saturated heterocycles. The van der Waals surface area contributed by atoms with Gasteiger partial charge in [0.2, 0.25) is 0 Å². The average molecular weight is 264 g/mol. The molecule has 1 atom stereocenters. The Bertz CT molecular complexity index is 776. The van der Waals surface area contributed by atoms with Gasteiger partial charge >= 0.3 is 11.8 Å². The van der Waals surface area contributed by atoms with E-state index in [1.165, 1.54) is 0 Å². The van der Waals surface area contributed by atoms with Gasteiger partial charge in [-0.1, -0.05) is 30.3 Å².